The van der Waals surface area contributed by atoms with Crippen LogP contribution in [0, 0.1) is 0 Å². The summed E-state index contributed by atoms with van der Waals surface area (Å²) in [5, 5.41) is 9.61. The molecule has 4 heteroatoms. The number of hydrogen-bond acceptors (Lipinski definition) is 4. The molecule has 0 saturated carbocycles. The molecule has 0 aliphatic rings. The van der Waals surface area contributed by atoms with Gasteiger partial charge in [0.2, 0.25) is 0 Å². The molecule has 1 unspecified atom stereocenters. The first kappa shape index (κ1) is 50.6. The molecular weight excluding hydrogens is 653 g/mol. The SMILES string of the molecule is CC/C=C\C/C=C\C/C=C\C/C=C\C/C=C\CCCCCC(=O)OC(CO)COCCCCCCCCCCCC/C=C\C/C=C\CCCCCCC. The summed E-state index contributed by atoms with van der Waals surface area (Å²) < 4.78 is 11.1. The van der Waals surface area contributed by atoms with Crippen molar-refractivity contribution in [2.24, 2.45) is 0 Å². The second-order valence-corrected chi connectivity index (χ2v) is 14.4. The van der Waals surface area contributed by atoms with Crippen LogP contribution in [-0.2, 0) is 14.3 Å². The third-order valence-electron chi connectivity index (χ3n) is 9.20. The van der Waals surface area contributed by atoms with E-state index in [9.17, 15) is 9.90 Å². The largest absolute Gasteiger partial charge is 0.457 e. The third-order valence-corrected chi connectivity index (χ3v) is 9.20. The number of esters is 1. The molecule has 0 aromatic rings. The predicted octanol–water partition coefficient (Wildman–Crippen LogP) is 14.8. The van der Waals surface area contributed by atoms with Crippen LogP contribution in [0.25, 0.3) is 0 Å². The molecule has 4 nitrogen and oxygen atoms in total. The Morgan fingerprint density at radius 3 is 1.28 bits per heavy atom. The molecule has 53 heavy (non-hydrogen) atoms. The summed E-state index contributed by atoms with van der Waals surface area (Å²) in [5.74, 6) is -0.235. The van der Waals surface area contributed by atoms with E-state index < -0.39 is 6.10 Å². The smallest absolute Gasteiger partial charge is 0.306 e. The average molecular weight is 737 g/mol. The highest BCUT2D eigenvalue weighted by Gasteiger charge is 2.13. The number of hydrogen-bond donors (Lipinski definition) is 1. The van der Waals surface area contributed by atoms with Gasteiger partial charge in [-0.05, 0) is 89.9 Å². The molecule has 0 rings (SSSR count). The Bertz CT molecular complexity index is 954. The molecule has 0 fully saturated rings. The molecule has 0 aromatic heterocycles. The van der Waals surface area contributed by atoms with Crippen LogP contribution in [0.1, 0.15) is 194 Å². The Balaban J connectivity index is 3.52. The van der Waals surface area contributed by atoms with Crippen LogP contribution in [-0.4, -0.2) is 37.0 Å². The van der Waals surface area contributed by atoms with Crippen LogP contribution < -0.4 is 0 Å². The summed E-state index contributed by atoms with van der Waals surface area (Å²) in [4.78, 5) is 12.2. The van der Waals surface area contributed by atoms with Crippen molar-refractivity contribution in [1.29, 1.82) is 0 Å². The first-order valence-electron chi connectivity index (χ1n) is 22.2. The van der Waals surface area contributed by atoms with Crippen molar-refractivity contribution in [1.82, 2.24) is 0 Å². The first-order chi connectivity index (χ1) is 26.2. The Labute approximate surface area is 329 Å². The minimum absolute atomic E-state index is 0.191. The lowest BCUT2D eigenvalue weighted by atomic mass is 10.1. The number of rotatable bonds is 40. The lowest BCUT2D eigenvalue weighted by Crippen LogP contribution is -2.27. The van der Waals surface area contributed by atoms with Crippen LogP contribution in [0.2, 0.25) is 0 Å². The molecule has 0 aliphatic carbocycles. The first-order valence-corrected chi connectivity index (χ1v) is 22.2. The number of aliphatic hydroxyl groups is 1. The average Bonchev–Trinajstić information content (AvgIpc) is 3.16. The monoisotopic (exact) mass is 737 g/mol. The summed E-state index contributed by atoms with van der Waals surface area (Å²) in [5.41, 5.74) is 0. The van der Waals surface area contributed by atoms with Gasteiger partial charge in [0.1, 0.15) is 6.10 Å². The standard InChI is InChI=1S/C49H84O4/c1-3-5-7-9-11-13-15-17-19-21-23-24-25-27-29-31-33-35-37-39-41-43-45-52-47-48(46-50)53-49(51)44-42-40-38-36-34-32-30-28-26-22-20-18-16-14-12-10-8-6-4-2/h6,8,12,14-15,17-18,20-21,23,26,28,32,34,48,50H,3-5,7,9-11,13,16,19,22,24-25,27,29-31,33,35-47H2,1-2H3/b8-6-,14-12-,17-15-,20-18-,23-21-,28-26-,34-32-. The van der Waals surface area contributed by atoms with Crippen molar-refractivity contribution in [3.8, 4) is 0 Å². The van der Waals surface area contributed by atoms with Gasteiger partial charge in [0, 0.05) is 13.0 Å². The molecule has 0 aliphatic heterocycles. The number of unbranched alkanes of at least 4 members (excludes halogenated alkanes) is 18. The Kier molecular flexibility index (Phi) is 43.6. The van der Waals surface area contributed by atoms with E-state index in [4.69, 9.17) is 9.47 Å². The lowest BCUT2D eigenvalue weighted by molar-refractivity contribution is -0.154. The molecule has 0 spiro atoms. The quantitative estimate of drug-likeness (QED) is 0.0387. The Morgan fingerprint density at radius 2 is 0.849 bits per heavy atom. The van der Waals surface area contributed by atoms with Crippen LogP contribution in [0.4, 0.5) is 0 Å². The molecule has 0 saturated heterocycles. The molecule has 0 aromatic carbocycles. The predicted molar refractivity (Wildman–Crippen MR) is 232 cm³/mol. The summed E-state index contributed by atoms with van der Waals surface area (Å²) in [6.45, 7) is 5.18. The lowest BCUT2D eigenvalue weighted by Gasteiger charge is -2.15. The molecule has 1 atom stereocenters. The fourth-order valence-corrected chi connectivity index (χ4v) is 5.91. The van der Waals surface area contributed by atoms with Gasteiger partial charge >= 0.3 is 5.97 Å². The summed E-state index contributed by atoms with van der Waals surface area (Å²) in [6, 6.07) is 0. The molecule has 0 radical (unpaired) electrons. The molecule has 304 valence electrons. The van der Waals surface area contributed by atoms with Crippen molar-refractivity contribution in [3.63, 3.8) is 0 Å². The fraction of sp³-hybridized carbons (Fsp3) is 0.694. The van der Waals surface area contributed by atoms with E-state index >= 15 is 0 Å². The van der Waals surface area contributed by atoms with Crippen molar-refractivity contribution in [2.45, 2.75) is 200 Å². The van der Waals surface area contributed by atoms with Gasteiger partial charge in [0.25, 0.3) is 0 Å². The number of ether oxygens (including phenoxy) is 2. The number of aliphatic hydroxyl groups excluding tert-OH is 1. The van der Waals surface area contributed by atoms with Gasteiger partial charge < -0.3 is 14.6 Å². The maximum Gasteiger partial charge on any atom is 0.306 e. The summed E-state index contributed by atoms with van der Waals surface area (Å²) in [6.07, 6.45) is 63.6. The van der Waals surface area contributed by atoms with E-state index in [1.165, 1.54) is 103 Å². The maximum atomic E-state index is 12.2. The molecular formula is C49H84O4. The van der Waals surface area contributed by atoms with Gasteiger partial charge in [-0.1, -0.05) is 182 Å². The van der Waals surface area contributed by atoms with Gasteiger partial charge in [-0.15, -0.1) is 0 Å². The maximum absolute atomic E-state index is 12.2. The number of allylic oxidation sites excluding steroid dienone is 14. The Morgan fingerprint density at radius 1 is 0.472 bits per heavy atom. The highest BCUT2D eigenvalue weighted by Crippen LogP contribution is 2.13. The zero-order chi connectivity index (χ0) is 38.4. The molecule has 0 bridgehead atoms. The summed E-state index contributed by atoms with van der Waals surface area (Å²) in [7, 11) is 0. The van der Waals surface area contributed by atoms with E-state index in [-0.39, 0.29) is 19.2 Å². The van der Waals surface area contributed by atoms with Gasteiger partial charge in [-0.2, -0.15) is 0 Å². The van der Waals surface area contributed by atoms with Crippen LogP contribution in [0.3, 0.4) is 0 Å². The van der Waals surface area contributed by atoms with Crippen LogP contribution >= 0.6 is 0 Å². The zero-order valence-corrected chi connectivity index (χ0v) is 34.8. The van der Waals surface area contributed by atoms with Crippen molar-refractivity contribution in [3.05, 3.63) is 85.1 Å². The van der Waals surface area contributed by atoms with Crippen molar-refractivity contribution in [2.75, 3.05) is 19.8 Å². The zero-order valence-electron chi connectivity index (χ0n) is 34.8. The fourth-order valence-electron chi connectivity index (χ4n) is 5.91. The van der Waals surface area contributed by atoms with Crippen molar-refractivity contribution >= 4 is 5.97 Å². The van der Waals surface area contributed by atoms with Gasteiger partial charge in [-0.25, -0.2) is 0 Å². The minimum atomic E-state index is -0.559. The van der Waals surface area contributed by atoms with E-state index in [1.54, 1.807) is 0 Å². The highest BCUT2D eigenvalue weighted by atomic mass is 16.6. The van der Waals surface area contributed by atoms with Gasteiger partial charge in [0.15, 0.2) is 0 Å². The van der Waals surface area contributed by atoms with Gasteiger partial charge in [0.05, 0.1) is 13.2 Å². The van der Waals surface area contributed by atoms with E-state index in [2.05, 4.69) is 98.9 Å². The number of carbonyl (C=O) groups excluding carboxylic acids is 1. The van der Waals surface area contributed by atoms with Gasteiger partial charge in [-0.3, -0.25) is 4.79 Å². The van der Waals surface area contributed by atoms with Crippen LogP contribution in [0.15, 0.2) is 85.1 Å². The third kappa shape index (κ3) is 43.9. The minimum Gasteiger partial charge on any atom is -0.457 e. The second-order valence-electron chi connectivity index (χ2n) is 14.4. The number of carbonyl (C=O) groups is 1. The Hall–Kier alpha value is -2.43. The molecule has 0 heterocycles. The topological polar surface area (TPSA) is 55.8 Å². The molecule has 0 amide bonds. The second kappa shape index (κ2) is 45.7. The summed E-state index contributed by atoms with van der Waals surface area (Å²) >= 11 is 0. The van der Waals surface area contributed by atoms with Crippen molar-refractivity contribution < 1.29 is 19.4 Å². The normalized spacial score (nSPS) is 13.2. The highest BCUT2D eigenvalue weighted by molar-refractivity contribution is 5.69. The van der Waals surface area contributed by atoms with E-state index in [1.807, 2.05) is 0 Å². The van der Waals surface area contributed by atoms with E-state index in [0.29, 0.717) is 13.0 Å². The van der Waals surface area contributed by atoms with Crippen LogP contribution in [0.5, 0.6) is 0 Å². The molecule has 1 N–H and O–H groups in total. The van der Waals surface area contributed by atoms with E-state index in [0.717, 1.165) is 70.6 Å².